The summed E-state index contributed by atoms with van der Waals surface area (Å²) in [5.74, 6) is 0.501. The zero-order chi connectivity index (χ0) is 22.2. The van der Waals surface area contributed by atoms with Crippen LogP contribution in [0.15, 0.2) is 54.7 Å². The zero-order valence-corrected chi connectivity index (χ0v) is 17.7. The first-order valence-electron chi connectivity index (χ1n) is 9.89. The molecule has 0 saturated carbocycles. The molecule has 0 radical (unpaired) electrons. The number of anilines is 1. The molecule has 4 aromatic rings. The topological polar surface area (TPSA) is 44.8 Å². The Balaban J connectivity index is 1.80. The molecule has 0 bridgehead atoms. The van der Waals surface area contributed by atoms with E-state index in [9.17, 15) is 13.2 Å². The summed E-state index contributed by atoms with van der Waals surface area (Å²) in [6.07, 6.45) is -2.77. The molecule has 2 heterocycles. The molecule has 0 aliphatic carbocycles. The Kier molecular flexibility index (Phi) is 5.62. The maximum atomic E-state index is 13.5. The van der Waals surface area contributed by atoms with Crippen LogP contribution in [0.5, 0.6) is 0 Å². The average molecular weight is 445 g/mol. The second-order valence-electron chi connectivity index (χ2n) is 7.06. The van der Waals surface area contributed by atoms with Gasteiger partial charge in [-0.25, -0.2) is 4.98 Å². The Morgan fingerprint density at radius 2 is 1.68 bits per heavy atom. The summed E-state index contributed by atoms with van der Waals surface area (Å²) in [6.45, 7) is 4.97. The number of rotatable bonds is 5. The lowest BCUT2D eigenvalue weighted by Crippen LogP contribution is -2.22. The van der Waals surface area contributed by atoms with Gasteiger partial charge in [0.2, 0.25) is 0 Å². The van der Waals surface area contributed by atoms with E-state index in [2.05, 4.69) is 15.0 Å². The fourth-order valence-electron chi connectivity index (χ4n) is 3.59. The molecular weight excluding hydrogens is 425 g/mol. The molecule has 0 amide bonds. The summed E-state index contributed by atoms with van der Waals surface area (Å²) in [5, 5.41) is 0.544. The van der Waals surface area contributed by atoms with E-state index in [1.807, 2.05) is 43.0 Å². The van der Waals surface area contributed by atoms with Crippen LogP contribution in [0.1, 0.15) is 19.4 Å². The monoisotopic (exact) mass is 444 g/mol. The summed E-state index contributed by atoms with van der Waals surface area (Å²) < 4.78 is 40.4. The second kappa shape index (κ2) is 8.23. The lowest BCUT2D eigenvalue weighted by molar-refractivity contribution is -0.137. The van der Waals surface area contributed by atoms with Gasteiger partial charge in [-0.2, -0.15) is 13.2 Å². The van der Waals surface area contributed by atoms with E-state index < -0.39 is 11.7 Å². The highest BCUT2D eigenvalue weighted by molar-refractivity contribution is 6.33. The van der Waals surface area contributed by atoms with Gasteiger partial charge in [0.05, 0.1) is 27.5 Å². The Morgan fingerprint density at radius 1 is 1.00 bits per heavy atom. The maximum absolute atomic E-state index is 13.5. The number of pyridine rings is 1. The van der Waals surface area contributed by atoms with E-state index in [4.69, 9.17) is 11.6 Å². The van der Waals surface area contributed by atoms with Gasteiger partial charge < -0.3 is 9.88 Å². The lowest BCUT2D eigenvalue weighted by Gasteiger charge is -2.22. The van der Waals surface area contributed by atoms with Gasteiger partial charge in [0, 0.05) is 30.4 Å². The lowest BCUT2D eigenvalue weighted by atomic mass is 10.1. The van der Waals surface area contributed by atoms with Crippen molar-refractivity contribution < 1.29 is 13.2 Å². The Bertz CT molecular complexity index is 1210. The summed E-state index contributed by atoms with van der Waals surface area (Å²) in [7, 11) is 0. The highest BCUT2D eigenvalue weighted by atomic mass is 35.5. The normalized spacial score (nSPS) is 11.8. The molecule has 4 nitrogen and oxygen atoms in total. The van der Waals surface area contributed by atoms with Crippen molar-refractivity contribution in [3.05, 3.63) is 65.3 Å². The smallest absolute Gasteiger partial charge is 0.370 e. The number of aromatic amines is 1. The summed E-state index contributed by atoms with van der Waals surface area (Å²) in [4.78, 5) is 13.9. The van der Waals surface area contributed by atoms with E-state index in [0.29, 0.717) is 46.4 Å². The van der Waals surface area contributed by atoms with Crippen molar-refractivity contribution in [3.8, 4) is 22.6 Å². The van der Waals surface area contributed by atoms with Gasteiger partial charge in [-0.3, -0.25) is 4.98 Å². The van der Waals surface area contributed by atoms with Gasteiger partial charge in [0.15, 0.2) is 0 Å². The highest BCUT2D eigenvalue weighted by Crippen LogP contribution is 2.37. The summed E-state index contributed by atoms with van der Waals surface area (Å²) in [5.41, 5.74) is 2.90. The first kappa shape index (κ1) is 21.2. The summed E-state index contributed by atoms with van der Waals surface area (Å²) in [6, 6.07) is 13.2. The number of H-pyrrole nitrogens is 1. The Morgan fingerprint density at radius 3 is 2.29 bits per heavy atom. The molecule has 31 heavy (non-hydrogen) atoms. The van der Waals surface area contributed by atoms with E-state index in [0.717, 1.165) is 17.2 Å². The third kappa shape index (κ3) is 4.10. The number of halogens is 4. The largest absolute Gasteiger partial charge is 0.416 e. The Labute approximate surface area is 182 Å². The van der Waals surface area contributed by atoms with Crippen LogP contribution in [0.4, 0.5) is 18.9 Å². The number of benzene rings is 2. The van der Waals surface area contributed by atoms with Crippen molar-refractivity contribution in [1.82, 2.24) is 15.0 Å². The van der Waals surface area contributed by atoms with Crippen LogP contribution in [0, 0.1) is 0 Å². The summed E-state index contributed by atoms with van der Waals surface area (Å²) >= 11 is 6.22. The first-order valence-corrected chi connectivity index (χ1v) is 10.3. The average Bonchev–Trinajstić information content (AvgIpc) is 3.19. The highest BCUT2D eigenvalue weighted by Gasteiger charge is 2.32. The van der Waals surface area contributed by atoms with E-state index in [1.54, 1.807) is 18.3 Å². The molecule has 0 aliphatic rings. The third-order valence-electron chi connectivity index (χ3n) is 5.19. The molecular formula is C23H20ClF3N4. The van der Waals surface area contributed by atoms with Crippen molar-refractivity contribution in [3.63, 3.8) is 0 Å². The van der Waals surface area contributed by atoms with E-state index >= 15 is 0 Å². The number of imidazole rings is 1. The van der Waals surface area contributed by atoms with Crippen LogP contribution in [-0.2, 0) is 6.18 Å². The van der Waals surface area contributed by atoms with Crippen LogP contribution >= 0.6 is 11.6 Å². The number of nitrogens with one attached hydrogen (secondary N) is 1. The number of hydrogen-bond donors (Lipinski definition) is 1. The molecule has 1 N–H and O–H groups in total. The van der Waals surface area contributed by atoms with Crippen LogP contribution in [-0.4, -0.2) is 28.0 Å². The SMILES string of the molecule is CCN(CC)c1cc(C(F)(F)F)cc2[nH]c(-c3ccc(-c4ncccc4Cl)cc3)nc12. The van der Waals surface area contributed by atoms with Crippen LogP contribution in [0.25, 0.3) is 33.7 Å². The van der Waals surface area contributed by atoms with E-state index in [-0.39, 0.29) is 0 Å². The van der Waals surface area contributed by atoms with Crippen molar-refractivity contribution >= 4 is 28.3 Å². The van der Waals surface area contributed by atoms with Gasteiger partial charge in [-0.15, -0.1) is 0 Å². The van der Waals surface area contributed by atoms with Crippen molar-refractivity contribution in [2.75, 3.05) is 18.0 Å². The van der Waals surface area contributed by atoms with Gasteiger partial charge >= 0.3 is 6.18 Å². The molecule has 2 aromatic heterocycles. The Hall–Kier alpha value is -3.06. The molecule has 0 unspecified atom stereocenters. The van der Waals surface area contributed by atoms with Crippen molar-refractivity contribution in [2.24, 2.45) is 0 Å². The molecule has 4 rings (SSSR count). The number of fused-ring (bicyclic) bond motifs is 1. The number of alkyl halides is 3. The van der Waals surface area contributed by atoms with Crippen LogP contribution < -0.4 is 4.90 Å². The minimum absolute atomic E-state index is 0.351. The number of aromatic nitrogens is 3. The third-order valence-corrected chi connectivity index (χ3v) is 5.49. The first-order chi connectivity index (χ1) is 14.8. The van der Waals surface area contributed by atoms with Gasteiger partial charge in [0.25, 0.3) is 0 Å². The molecule has 0 fully saturated rings. The second-order valence-corrected chi connectivity index (χ2v) is 7.47. The molecule has 0 aliphatic heterocycles. The van der Waals surface area contributed by atoms with Crippen LogP contribution in [0.3, 0.4) is 0 Å². The quantitative estimate of drug-likeness (QED) is 0.367. The van der Waals surface area contributed by atoms with Crippen molar-refractivity contribution in [2.45, 2.75) is 20.0 Å². The molecule has 8 heteroatoms. The minimum Gasteiger partial charge on any atom is -0.370 e. The molecule has 160 valence electrons. The van der Waals surface area contributed by atoms with Gasteiger partial charge in [0.1, 0.15) is 11.3 Å². The maximum Gasteiger partial charge on any atom is 0.416 e. The number of hydrogen-bond acceptors (Lipinski definition) is 3. The predicted molar refractivity (Wildman–Crippen MR) is 118 cm³/mol. The zero-order valence-electron chi connectivity index (χ0n) is 17.0. The van der Waals surface area contributed by atoms with Gasteiger partial charge in [-0.05, 0) is 38.1 Å². The fraction of sp³-hybridized carbons (Fsp3) is 0.217. The predicted octanol–water partition coefficient (Wildman–Crippen LogP) is 6.81. The van der Waals surface area contributed by atoms with Crippen molar-refractivity contribution in [1.29, 1.82) is 0 Å². The fourth-order valence-corrected chi connectivity index (χ4v) is 3.82. The van der Waals surface area contributed by atoms with E-state index in [1.165, 1.54) is 6.07 Å². The van der Waals surface area contributed by atoms with Gasteiger partial charge in [-0.1, -0.05) is 35.9 Å². The minimum atomic E-state index is -4.44. The molecule has 0 atom stereocenters. The molecule has 0 saturated heterocycles. The molecule has 0 spiro atoms. The molecule has 2 aromatic carbocycles. The van der Waals surface area contributed by atoms with Crippen LogP contribution in [0.2, 0.25) is 5.02 Å². The number of nitrogens with zero attached hydrogens (tertiary/aromatic N) is 3. The standard InChI is InChI=1S/C23H20ClF3N4/c1-3-31(4-2)19-13-16(23(25,26)27)12-18-21(19)30-22(29-18)15-9-7-14(8-10-15)20-17(24)6-5-11-28-20/h5-13H,3-4H2,1-2H3,(H,29,30).